The van der Waals surface area contributed by atoms with Gasteiger partial charge in [-0.25, -0.2) is 0 Å². The second kappa shape index (κ2) is 12.8. The molecule has 1 atom stereocenters. The second-order valence-corrected chi connectivity index (χ2v) is 8.76. The third-order valence-corrected chi connectivity index (χ3v) is 6.19. The van der Waals surface area contributed by atoms with Crippen molar-refractivity contribution in [3.05, 3.63) is 96.1 Å². The number of morpholine rings is 1. The van der Waals surface area contributed by atoms with Crippen LogP contribution in [0.25, 0.3) is 11.1 Å². The molecule has 0 saturated carbocycles. The number of benzene rings is 3. The fraction of sp³-hybridized carbons (Fsp3) is 0.310. The van der Waals surface area contributed by atoms with Crippen molar-refractivity contribution in [2.24, 2.45) is 0 Å². The topological polar surface area (TPSA) is 70.7 Å². The third kappa shape index (κ3) is 7.50. The van der Waals surface area contributed by atoms with E-state index in [9.17, 15) is 9.59 Å². The minimum absolute atomic E-state index is 0.164. The summed E-state index contributed by atoms with van der Waals surface area (Å²) in [6, 6.07) is 26.6. The highest BCUT2D eigenvalue weighted by Gasteiger charge is 2.22. The van der Waals surface area contributed by atoms with Crippen LogP contribution < -0.4 is 10.6 Å². The van der Waals surface area contributed by atoms with Crippen molar-refractivity contribution in [2.75, 3.05) is 39.4 Å². The zero-order valence-corrected chi connectivity index (χ0v) is 20.0. The molecule has 1 saturated heterocycles. The summed E-state index contributed by atoms with van der Waals surface area (Å²) >= 11 is 0. The number of carbonyl (C=O) groups excluding carboxylic acids is 2. The van der Waals surface area contributed by atoms with E-state index in [1.807, 2.05) is 78.9 Å². The van der Waals surface area contributed by atoms with Crippen LogP contribution in [0.4, 0.5) is 0 Å². The third-order valence-electron chi connectivity index (χ3n) is 6.19. The van der Waals surface area contributed by atoms with Gasteiger partial charge in [0.1, 0.15) is 6.04 Å². The average molecular weight is 472 g/mol. The smallest absolute Gasteiger partial charge is 0.251 e. The molecular weight excluding hydrogens is 438 g/mol. The summed E-state index contributed by atoms with van der Waals surface area (Å²) in [6.45, 7) is 4.89. The number of nitrogens with zero attached hydrogens (tertiary/aromatic N) is 1. The van der Waals surface area contributed by atoms with Crippen LogP contribution in [0.15, 0.2) is 84.9 Å². The molecule has 0 spiro atoms. The quantitative estimate of drug-likeness (QED) is 0.444. The molecular formula is C29H33N3O3. The standard InChI is InChI=1S/C29H33N3O3/c33-28(26-14-7-13-25(22-26)24-11-5-2-6-12-24)31-27(21-23-9-3-1-4-10-23)29(34)30-15-8-16-32-17-19-35-20-18-32/h1-7,9-14,22,27H,8,15-21H2,(H,30,34)(H,31,33)/t27-/m1/s1. The molecule has 1 aliphatic rings. The molecule has 182 valence electrons. The molecule has 6 heteroatoms. The van der Waals surface area contributed by atoms with E-state index < -0.39 is 6.04 Å². The van der Waals surface area contributed by atoms with Gasteiger partial charge in [0, 0.05) is 31.6 Å². The van der Waals surface area contributed by atoms with Gasteiger partial charge in [0.05, 0.1) is 13.2 Å². The largest absolute Gasteiger partial charge is 0.379 e. The van der Waals surface area contributed by atoms with Gasteiger partial charge in [-0.2, -0.15) is 0 Å². The number of hydrogen-bond donors (Lipinski definition) is 2. The Morgan fingerprint density at radius 2 is 1.54 bits per heavy atom. The van der Waals surface area contributed by atoms with Gasteiger partial charge < -0.3 is 15.4 Å². The number of hydrogen-bond acceptors (Lipinski definition) is 4. The highest BCUT2D eigenvalue weighted by molar-refractivity contribution is 5.98. The van der Waals surface area contributed by atoms with E-state index in [4.69, 9.17) is 4.74 Å². The van der Waals surface area contributed by atoms with Crippen LogP contribution in [0.1, 0.15) is 22.3 Å². The Bertz CT molecular complexity index is 1080. The summed E-state index contributed by atoms with van der Waals surface area (Å²) in [5.41, 5.74) is 3.54. The Morgan fingerprint density at radius 3 is 2.29 bits per heavy atom. The molecule has 3 aromatic rings. The van der Waals surface area contributed by atoms with Gasteiger partial charge in [0.15, 0.2) is 0 Å². The number of ether oxygens (including phenoxy) is 1. The maximum atomic E-state index is 13.2. The van der Waals surface area contributed by atoms with E-state index in [2.05, 4.69) is 15.5 Å². The fourth-order valence-electron chi connectivity index (χ4n) is 4.23. The molecule has 1 fully saturated rings. The summed E-state index contributed by atoms with van der Waals surface area (Å²) < 4.78 is 5.39. The Labute approximate surface area is 207 Å². The lowest BCUT2D eigenvalue weighted by Gasteiger charge is -2.26. The number of rotatable bonds is 10. The van der Waals surface area contributed by atoms with Crippen molar-refractivity contribution < 1.29 is 14.3 Å². The zero-order chi connectivity index (χ0) is 24.3. The molecule has 0 aromatic heterocycles. The zero-order valence-electron chi connectivity index (χ0n) is 20.0. The van der Waals surface area contributed by atoms with E-state index in [1.165, 1.54) is 0 Å². The van der Waals surface area contributed by atoms with Crippen molar-refractivity contribution >= 4 is 11.8 Å². The Morgan fingerprint density at radius 1 is 0.857 bits per heavy atom. The second-order valence-electron chi connectivity index (χ2n) is 8.76. The molecule has 0 unspecified atom stereocenters. The summed E-state index contributed by atoms with van der Waals surface area (Å²) in [5, 5.41) is 6.00. The van der Waals surface area contributed by atoms with Crippen LogP contribution in [0.5, 0.6) is 0 Å². The van der Waals surface area contributed by atoms with Crippen LogP contribution in [0.3, 0.4) is 0 Å². The highest BCUT2D eigenvalue weighted by Crippen LogP contribution is 2.20. The highest BCUT2D eigenvalue weighted by atomic mass is 16.5. The predicted molar refractivity (Wildman–Crippen MR) is 138 cm³/mol. The van der Waals surface area contributed by atoms with Gasteiger partial charge in [-0.3, -0.25) is 14.5 Å². The van der Waals surface area contributed by atoms with E-state index >= 15 is 0 Å². The number of nitrogens with one attached hydrogen (secondary N) is 2. The van der Waals surface area contributed by atoms with E-state index in [0.717, 1.165) is 56.0 Å². The summed E-state index contributed by atoms with van der Waals surface area (Å²) in [7, 11) is 0. The van der Waals surface area contributed by atoms with Crippen LogP contribution in [-0.4, -0.2) is 62.1 Å². The van der Waals surface area contributed by atoms with Crippen molar-refractivity contribution in [1.82, 2.24) is 15.5 Å². The lowest BCUT2D eigenvalue weighted by molar-refractivity contribution is -0.123. The van der Waals surface area contributed by atoms with Crippen molar-refractivity contribution in [1.29, 1.82) is 0 Å². The van der Waals surface area contributed by atoms with Gasteiger partial charge in [-0.15, -0.1) is 0 Å². The van der Waals surface area contributed by atoms with Crippen LogP contribution in [0, 0.1) is 0 Å². The molecule has 0 radical (unpaired) electrons. The first-order chi connectivity index (χ1) is 17.2. The first-order valence-corrected chi connectivity index (χ1v) is 12.3. The van der Waals surface area contributed by atoms with Gasteiger partial charge in [0.2, 0.25) is 5.91 Å². The summed E-state index contributed by atoms with van der Waals surface area (Å²) in [6.07, 6.45) is 1.29. The number of amides is 2. The summed E-state index contributed by atoms with van der Waals surface area (Å²) in [4.78, 5) is 28.6. The lowest BCUT2D eigenvalue weighted by atomic mass is 10.0. The van der Waals surface area contributed by atoms with Crippen molar-refractivity contribution in [2.45, 2.75) is 18.9 Å². The molecule has 1 aliphatic heterocycles. The molecule has 1 heterocycles. The minimum atomic E-state index is -0.659. The maximum Gasteiger partial charge on any atom is 0.251 e. The normalized spacial score (nSPS) is 14.7. The predicted octanol–water partition coefficient (Wildman–Crippen LogP) is 3.53. The van der Waals surface area contributed by atoms with Gasteiger partial charge in [0.25, 0.3) is 5.91 Å². The number of carbonyl (C=O) groups is 2. The van der Waals surface area contributed by atoms with Crippen molar-refractivity contribution in [3.8, 4) is 11.1 Å². The summed E-state index contributed by atoms with van der Waals surface area (Å²) in [5.74, 6) is -0.421. The maximum absolute atomic E-state index is 13.2. The molecule has 3 aromatic carbocycles. The molecule has 4 rings (SSSR count). The SMILES string of the molecule is O=C(N[C@H](Cc1ccccc1)C(=O)NCCCN1CCOCC1)c1cccc(-c2ccccc2)c1. The van der Waals surface area contributed by atoms with Crippen LogP contribution >= 0.6 is 0 Å². The van der Waals surface area contributed by atoms with Crippen LogP contribution in [0.2, 0.25) is 0 Å². The fourth-order valence-corrected chi connectivity index (χ4v) is 4.23. The minimum Gasteiger partial charge on any atom is -0.379 e. The molecule has 2 amide bonds. The Balaban J connectivity index is 1.39. The van der Waals surface area contributed by atoms with Crippen molar-refractivity contribution in [3.63, 3.8) is 0 Å². The Kier molecular flexibility index (Phi) is 9.04. The molecule has 35 heavy (non-hydrogen) atoms. The first-order valence-electron chi connectivity index (χ1n) is 12.3. The van der Waals surface area contributed by atoms with E-state index in [-0.39, 0.29) is 11.8 Å². The average Bonchev–Trinajstić information content (AvgIpc) is 2.92. The molecule has 2 N–H and O–H groups in total. The van der Waals surface area contributed by atoms with E-state index in [1.54, 1.807) is 6.07 Å². The van der Waals surface area contributed by atoms with Gasteiger partial charge >= 0.3 is 0 Å². The Hall–Kier alpha value is -3.48. The molecule has 6 nitrogen and oxygen atoms in total. The van der Waals surface area contributed by atoms with Crippen LogP contribution in [-0.2, 0) is 16.0 Å². The lowest BCUT2D eigenvalue weighted by Crippen LogP contribution is -2.48. The van der Waals surface area contributed by atoms with E-state index in [0.29, 0.717) is 18.5 Å². The monoisotopic (exact) mass is 471 g/mol. The molecule has 0 aliphatic carbocycles. The van der Waals surface area contributed by atoms with Gasteiger partial charge in [-0.1, -0.05) is 72.8 Å². The van der Waals surface area contributed by atoms with Gasteiger partial charge in [-0.05, 0) is 41.8 Å². The first kappa shape index (κ1) is 24.6. The molecule has 0 bridgehead atoms.